The minimum atomic E-state index is -3.42. The molecule has 2 aliphatic heterocycles. The Morgan fingerprint density at radius 3 is 2.16 bits per heavy atom. The zero-order chi connectivity index (χ0) is 23.7. The van der Waals surface area contributed by atoms with Gasteiger partial charge < -0.3 is 19.9 Å². The van der Waals surface area contributed by atoms with Gasteiger partial charge in [0.05, 0.1) is 17.0 Å². The van der Waals surface area contributed by atoms with Crippen LogP contribution in [0, 0.1) is 5.92 Å². The average molecular weight is 467 g/mol. The summed E-state index contributed by atoms with van der Waals surface area (Å²) in [5, 5.41) is 2.97. The highest BCUT2D eigenvalue weighted by molar-refractivity contribution is 7.90. The van der Waals surface area contributed by atoms with Crippen molar-refractivity contribution in [1.82, 2.24) is 9.62 Å². The molecule has 32 heavy (non-hydrogen) atoms. The summed E-state index contributed by atoms with van der Waals surface area (Å²) in [6.45, 7) is 13.9. The first-order valence-electron chi connectivity index (χ1n) is 11.4. The van der Waals surface area contributed by atoms with E-state index < -0.39 is 14.8 Å². The second-order valence-corrected chi connectivity index (χ2v) is 12.7. The van der Waals surface area contributed by atoms with Crippen LogP contribution in [-0.4, -0.2) is 68.5 Å². The lowest BCUT2D eigenvalue weighted by molar-refractivity contribution is -0.00521. The molecule has 180 valence electrons. The molecule has 2 N–H and O–H groups in total. The normalized spacial score (nSPS) is 27.3. The Kier molecular flexibility index (Phi) is 7.41. The standard InChI is InChI=1S/C23H38N4O4S/c1-16-13-26(12-11-21(16)25-32(29,30)23(4,5)6)22(28)24-19-7-9-20(10-8-19)27-14-17(2)31-18(3)15-27/h7-10,16-18,21,25H,11-15H2,1-6H3,(H,24,28)/t16?,17-,18+,21?. The predicted molar refractivity (Wildman–Crippen MR) is 129 cm³/mol. The van der Waals surface area contributed by atoms with Crippen molar-refractivity contribution in [2.45, 2.75) is 71.0 Å². The van der Waals surface area contributed by atoms with E-state index >= 15 is 0 Å². The maximum atomic E-state index is 12.8. The van der Waals surface area contributed by atoms with E-state index in [0.29, 0.717) is 19.5 Å². The summed E-state index contributed by atoms with van der Waals surface area (Å²) in [5.74, 6) is 0.0271. The monoisotopic (exact) mass is 466 g/mol. The van der Waals surface area contributed by atoms with Crippen LogP contribution in [0.4, 0.5) is 16.2 Å². The van der Waals surface area contributed by atoms with Crippen LogP contribution in [0.1, 0.15) is 48.0 Å². The molecule has 2 aliphatic rings. The molecule has 0 spiro atoms. The Morgan fingerprint density at radius 2 is 1.62 bits per heavy atom. The van der Waals surface area contributed by atoms with Crippen molar-refractivity contribution >= 4 is 27.4 Å². The molecule has 9 heteroatoms. The largest absolute Gasteiger partial charge is 0.372 e. The molecule has 1 aromatic carbocycles. The number of hydrogen-bond acceptors (Lipinski definition) is 5. The Balaban J connectivity index is 1.54. The molecule has 4 atom stereocenters. The van der Waals surface area contributed by atoms with E-state index in [1.165, 1.54) is 0 Å². The van der Waals surface area contributed by atoms with Crippen molar-refractivity contribution in [3.8, 4) is 0 Å². The van der Waals surface area contributed by atoms with Crippen molar-refractivity contribution in [3.05, 3.63) is 24.3 Å². The number of hydrogen-bond donors (Lipinski definition) is 2. The summed E-state index contributed by atoms with van der Waals surface area (Å²) in [4.78, 5) is 16.8. The lowest BCUT2D eigenvalue weighted by atomic mass is 9.95. The second-order valence-electron chi connectivity index (χ2n) is 10.2. The van der Waals surface area contributed by atoms with Gasteiger partial charge in [0.15, 0.2) is 0 Å². The molecule has 2 unspecified atom stereocenters. The van der Waals surface area contributed by atoms with Crippen LogP contribution in [0.25, 0.3) is 0 Å². The van der Waals surface area contributed by atoms with E-state index in [-0.39, 0.29) is 30.2 Å². The number of morpholine rings is 1. The van der Waals surface area contributed by atoms with E-state index in [1.807, 2.05) is 31.2 Å². The molecule has 0 aromatic heterocycles. The Bertz CT molecular complexity index is 888. The number of nitrogens with zero attached hydrogens (tertiary/aromatic N) is 2. The molecule has 1 aromatic rings. The fourth-order valence-electron chi connectivity index (χ4n) is 4.23. The van der Waals surface area contributed by atoms with Gasteiger partial charge in [0.2, 0.25) is 10.0 Å². The minimum absolute atomic E-state index is 0.0271. The lowest BCUT2D eigenvalue weighted by Gasteiger charge is -2.38. The fourth-order valence-corrected chi connectivity index (χ4v) is 5.33. The first-order chi connectivity index (χ1) is 14.9. The number of anilines is 2. The van der Waals surface area contributed by atoms with Crippen LogP contribution in [0.2, 0.25) is 0 Å². The summed E-state index contributed by atoms with van der Waals surface area (Å²) in [6, 6.07) is 7.57. The summed E-state index contributed by atoms with van der Waals surface area (Å²) in [5.41, 5.74) is 1.86. The Hall–Kier alpha value is -1.84. The number of amides is 2. The zero-order valence-corrected chi connectivity index (χ0v) is 20.9. The van der Waals surface area contributed by atoms with Gasteiger partial charge in [-0.05, 0) is 71.2 Å². The van der Waals surface area contributed by atoms with E-state index in [9.17, 15) is 13.2 Å². The molecule has 2 heterocycles. The predicted octanol–water partition coefficient (Wildman–Crippen LogP) is 3.26. The number of sulfonamides is 1. The highest BCUT2D eigenvalue weighted by atomic mass is 32.2. The molecule has 2 fully saturated rings. The number of carbonyl (C=O) groups is 1. The van der Waals surface area contributed by atoms with Gasteiger partial charge in [0.25, 0.3) is 0 Å². The molecule has 2 amide bonds. The smallest absolute Gasteiger partial charge is 0.321 e. The van der Waals surface area contributed by atoms with Crippen LogP contribution in [0.5, 0.6) is 0 Å². The zero-order valence-electron chi connectivity index (χ0n) is 20.1. The number of carbonyl (C=O) groups excluding carboxylic acids is 1. The minimum Gasteiger partial charge on any atom is -0.372 e. The fraction of sp³-hybridized carbons (Fsp3) is 0.696. The highest BCUT2D eigenvalue weighted by Gasteiger charge is 2.36. The van der Waals surface area contributed by atoms with Crippen LogP contribution >= 0.6 is 0 Å². The van der Waals surface area contributed by atoms with Crippen molar-refractivity contribution < 1.29 is 17.9 Å². The number of piperidine rings is 1. The third-order valence-corrected chi connectivity index (χ3v) is 8.43. The van der Waals surface area contributed by atoms with Gasteiger partial charge in [0.1, 0.15) is 0 Å². The first-order valence-corrected chi connectivity index (χ1v) is 12.9. The van der Waals surface area contributed by atoms with Gasteiger partial charge in [-0.3, -0.25) is 0 Å². The van der Waals surface area contributed by atoms with E-state index in [4.69, 9.17) is 4.74 Å². The lowest BCUT2D eigenvalue weighted by Crippen LogP contribution is -2.54. The number of rotatable bonds is 4. The number of urea groups is 1. The van der Waals surface area contributed by atoms with E-state index in [2.05, 4.69) is 28.8 Å². The second kappa shape index (κ2) is 9.57. The summed E-state index contributed by atoms with van der Waals surface area (Å²) in [7, 11) is -3.42. The molecule has 0 bridgehead atoms. The highest BCUT2D eigenvalue weighted by Crippen LogP contribution is 2.24. The number of ether oxygens (including phenoxy) is 1. The molecular weight excluding hydrogens is 428 g/mol. The van der Waals surface area contributed by atoms with Gasteiger partial charge in [-0.1, -0.05) is 6.92 Å². The molecular formula is C23H38N4O4S. The summed E-state index contributed by atoms with van der Waals surface area (Å²) in [6.07, 6.45) is 0.975. The molecule has 2 saturated heterocycles. The van der Waals surface area contributed by atoms with Gasteiger partial charge in [-0.15, -0.1) is 0 Å². The van der Waals surface area contributed by atoms with Crippen molar-refractivity contribution in [1.29, 1.82) is 0 Å². The third kappa shape index (κ3) is 5.94. The topological polar surface area (TPSA) is 91.0 Å². The number of nitrogens with one attached hydrogen (secondary N) is 2. The quantitative estimate of drug-likeness (QED) is 0.711. The molecule has 0 saturated carbocycles. The third-order valence-electron chi connectivity index (χ3n) is 6.21. The molecule has 0 radical (unpaired) electrons. The van der Waals surface area contributed by atoms with E-state index in [0.717, 1.165) is 24.5 Å². The first kappa shape index (κ1) is 24.8. The molecule has 8 nitrogen and oxygen atoms in total. The molecule has 3 rings (SSSR count). The number of benzene rings is 1. The molecule has 0 aliphatic carbocycles. The van der Waals surface area contributed by atoms with Crippen LogP contribution in [0.15, 0.2) is 24.3 Å². The van der Waals surface area contributed by atoms with Crippen LogP contribution < -0.4 is 14.9 Å². The van der Waals surface area contributed by atoms with Crippen molar-refractivity contribution in [2.24, 2.45) is 5.92 Å². The maximum absolute atomic E-state index is 12.8. The Labute approximate surface area is 192 Å². The van der Waals surface area contributed by atoms with Crippen molar-refractivity contribution in [3.63, 3.8) is 0 Å². The Morgan fingerprint density at radius 1 is 1.03 bits per heavy atom. The van der Waals surface area contributed by atoms with Gasteiger partial charge in [-0.2, -0.15) is 0 Å². The maximum Gasteiger partial charge on any atom is 0.321 e. The SMILES string of the molecule is CC1CN(C(=O)Nc2ccc(N3C[C@@H](C)O[C@@H](C)C3)cc2)CCC1NS(=O)(=O)C(C)(C)C. The number of likely N-dealkylation sites (tertiary alicyclic amines) is 1. The van der Waals surface area contributed by atoms with Gasteiger partial charge in [0, 0.05) is 43.6 Å². The summed E-state index contributed by atoms with van der Waals surface area (Å²) < 4.78 is 32.8. The summed E-state index contributed by atoms with van der Waals surface area (Å²) >= 11 is 0. The van der Waals surface area contributed by atoms with Crippen LogP contribution in [-0.2, 0) is 14.8 Å². The average Bonchev–Trinajstić information content (AvgIpc) is 2.68. The van der Waals surface area contributed by atoms with E-state index in [1.54, 1.807) is 25.7 Å². The van der Waals surface area contributed by atoms with Gasteiger partial charge in [-0.25, -0.2) is 17.9 Å². The van der Waals surface area contributed by atoms with Crippen LogP contribution in [0.3, 0.4) is 0 Å². The van der Waals surface area contributed by atoms with Crippen molar-refractivity contribution in [2.75, 3.05) is 36.4 Å². The van der Waals surface area contributed by atoms with Gasteiger partial charge >= 0.3 is 6.03 Å².